The third-order valence-corrected chi connectivity index (χ3v) is 5.91. The SMILES string of the molecule is CC(O)C(NC(=O)C1CCCN1C(=O)C(CCC(N)=O)NC(=O)C(N)Cc1ccc(O)cc1)C(=O)O. The zero-order valence-electron chi connectivity index (χ0n) is 19.9. The average molecular weight is 508 g/mol. The fraction of sp³-hybridized carbons (Fsp3) is 0.522. The first-order valence-electron chi connectivity index (χ1n) is 11.5. The monoisotopic (exact) mass is 507 g/mol. The minimum atomic E-state index is -1.56. The number of aliphatic hydroxyl groups is 1. The number of amides is 4. The molecule has 0 bridgehead atoms. The third kappa shape index (κ3) is 7.92. The molecule has 4 amide bonds. The van der Waals surface area contributed by atoms with Gasteiger partial charge in [0.2, 0.25) is 23.6 Å². The van der Waals surface area contributed by atoms with E-state index in [-0.39, 0.29) is 38.0 Å². The summed E-state index contributed by atoms with van der Waals surface area (Å²) in [6.07, 6.45) is -0.879. The molecule has 36 heavy (non-hydrogen) atoms. The van der Waals surface area contributed by atoms with Crippen LogP contribution >= 0.6 is 0 Å². The lowest BCUT2D eigenvalue weighted by Crippen LogP contribution is -2.58. The van der Waals surface area contributed by atoms with Gasteiger partial charge in [0.25, 0.3) is 0 Å². The van der Waals surface area contributed by atoms with Crippen LogP contribution in [0.15, 0.2) is 24.3 Å². The number of hydrogen-bond acceptors (Lipinski definition) is 8. The number of primary amides is 1. The maximum absolute atomic E-state index is 13.3. The van der Waals surface area contributed by atoms with Crippen molar-refractivity contribution in [2.75, 3.05) is 6.54 Å². The van der Waals surface area contributed by atoms with E-state index in [9.17, 15) is 39.3 Å². The summed E-state index contributed by atoms with van der Waals surface area (Å²) in [4.78, 5) is 62.7. The van der Waals surface area contributed by atoms with Gasteiger partial charge in [-0.15, -0.1) is 0 Å². The number of carboxylic acids is 1. The molecule has 1 aromatic carbocycles. The first kappa shape index (κ1) is 28.5. The Morgan fingerprint density at radius 3 is 2.33 bits per heavy atom. The zero-order chi connectivity index (χ0) is 27.0. The molecule has 0 aliphatic carbocycles. The summed E-state index contributed by atoms with van der Waals surface area (Å²) in [5.41, 5.74) is 11.9. The van der Waals surface area contributed by atoms with E-state index in [2.05, 4.69) is 10.6 Å². The minimum absolute atomic E-state index is 0.0567. The highest BCUT2D eigenvalue weighted by Crippen LogP contribution is 2.20. The lowest BCUT2D eigenvalue weighted by molar-refractivity contribution is -0.147. The summed E-state index contributed by atoms with van der Waals surface area (Å²) in [6.45, 7) is 1.39. The van der Waals surface area contributed by atoms with Crippen LogP contribution < -0.4 is 22.1 Å². The molecular weight excluding hydrogens is 474 g/mol. The van der Waals surface area contributed by atoms with Gasteiger partial charge in [0.1, 0.15) is 17.8 Å². The van der Waals surface area contributed by atoms with E-state index >= 15 is 0 Å². The molecule has 1 aromatic rings. The van der Waals surface area contributed by atoms with Crippen LogP contribution in [0.4, 0.5) is 0 Å². The van der Waals surface area contributed by atoms with Crippen LogP contribution in [0.2, 0.25) is 0 Å². The molecule has 13 heteroatoms. The molecule has 198 valence electrons. The number of likely N-dealkylation sites (tertiary alicyclic amines) is 1. The Morgan fingerprint density at radius 1 is 1.14 bits per heavy atom. The van der Waals surface area contributed by atoms with Gasteiger partial charge in [0, 0.05) is 13.0 Å². The van der Waals surface area contributed by atoms with Crippen LogP contribution in [-0.4, -0.2) is 86.6 Å². The molecule has 5 atom stereocenters. The number of hydrogen-bond donors (Lipinski definition) is 7. The number of aromatic hydroxyl groups is 1. The van der Waals surface area contributed by atoms with Gasteiger partial charge < -0.3 is 42.3 Å². The number of phenolic OH excluding ortho intramolecular Hbond substituents is 1. The number of benzene rings is 1. The van der Waals surface area contributed by atoms with Gasteiger partial charge in [-0.3, -0.25) is 19.2 Å². The summed E-state index contributed by atoms with van der Waals surface area (Å²) >= 11 is 0. The lowest BCUT2D eigenvalue weighted by Gasteiger charge is -2.30. The number of carboxylic acid groups (broad SMARTS) is 1. The van der Waals surface area contributed by atoms with Crippen molar-refractivity contribution in [3.8, 4) is 5.75 Å². The average Bonchev–Trinajstić information content (AvgIpc) is 3.30. The second-order valence-electron chi connectivity index (χ2n) is 8.80. The van der Waals surface area contributed by atoms with Crippen molar-refractivity contribution in [1.82, 2.24) is 15.5 Å². The molecule has 5 unspecified atom stereocenters. The summed E-state index contributed by atoms with van der Waals surface area (Å²) in [6, 6.07) is 1.28. The number of phenols is 1. The molecular formula is C23H33N5O8. The number of nitrogens with zero attached hydrogens (tertiary/aromatic N) is 1. The molecule has 0 radical (unpaired) electrons. The van der Waals surface area contributed by atoms with E-state index in [0.29, 0.717) is 12.0 Å². The number of nitrogens with one attached hydrogen (secondary N) is 2. The molecule has 0 spiro atoms. The van der Waals surface area contributed by atoms with Crippen molar-refractivity contribution in [2.24, 2.45) is 11.5 Å². The second kappa shape index (κ2) is 12.8. The minimum Gasteiger partial charge on any atom is -0.508 e. The highest BCUT2D eigenvalue weighted by molar-refractivity contribution is 5.95. The van der Waals surface area contributed by atoms with Crippen LogP contribution in [0, 0.1) is 0 Å². The first-order chi connectivity index (χ1) is 16.9. The number of carbonyl (C=O) groups is 5. The molecule has 0 aromatic heterocycles. The predicted molar refractivity (Wildman–Crippen MR) is 126 cm³/mol. The summed E-state index contributed by atoms with van der Waals surface area (Å²) in [7, 11) is 0. The van der Waals surface area contributed by atoms with Crippen LogP contribution in [0.3, 0.4) is 0 Å². The number of aliphatic carboxylic acids is 1. The van der Waals surface area contributed by atoms with Gasteiger partial charge in [-0.05, 0) is 50.3 Å². The topological polar surface area (TPSA) is 225 Å². The standard InChI is InChI=1S/C23H33N5O8/c1-12(29)19(23(35)36)27-21(33)17-3-2-10-28(17)22(34)16(8-9-18(25)31)26-20(32)15(24)11-13-4-6-14(30)7-5-13/h4-7,12,15-17,19,29-30H,2-3,8-11,24H2,1H3,(H2,25,31)(H,26,32)(H,27,33)(H,35,36). The van der Waals surface area contributed by atoms with Gasteiger partial charge in [-0.1, -0.05) is 12.1 Å². The fourth-order valence-corrected chi connectivity index (χ4v) is 3.94. The van der Waals surface area contributed by atoms with Crippen LogP contribution in [-0.2, 0) is 30.4 Å². The Labute approximate surface area is 207 Å². The van der Waals surface area contributed by atoms with Crippen LogP contribution in [0.5, 0.6) is 5.75 Å². The summed E-state index contributed by atoms with van der Waals surface area (Å²) in [5, 5.41) is 33.0. The Hall–Kier alpha value is -3.71. The zero-order valence-corrected chi connectivity index (χ0v) is 19.9. The maximum atomic E-state index is 13.3. The smallest absolute Gasteiger partial charge is 0.328 e. The van der Waals surface area contributed by atoms with Gasteiger partial charge in [0.15, 0.2) is 6.04 Å². The first-order valence-corrected chi connectivity index (χ1v) is 11.5. The normalized spacial score (nSPS) is 18.5. The van der Waals surface area contributed by atoms with E-state index < -0.39 is 59.9 Å². The Morgan fingerprint density at radius 2 is 1.78 bits per heavy atom. The number of nitrogens with two attached hydrogens (primary N) is 2. The quantitative estimate of drug-likeness (QED) is 0.165. The van der Waals surface area contributed by atoms with Crippen molar-refractivity contribution in [3.63, 3.8) is 0 Å². The van der Waals surface area contributed by atoms with Crippen LogP contribution in [0.25, 0.3) is 0 Å². The van der Waals surface area contributed by atoms with Crippen molar-refractivity contribution >= 4 is 29.6 Å². The predicted octanol–water partition coefficient (Wildman–Crippen LogP) is -2.05. The van der Waals surface area contributed by atoms with Crippen LogP contribution in [0.1, 0.15) is 38.2 Å². The van der Waals surface area contributed by atoms with Crippen molar-refractivity contribution in [2.45, 2.75) is 69.3 Å². The van der Waals surface area contributed by atoms with Gasteiger partial charge in [0.05, 0.1) is 12.1 Å². The van der Waals surface area contributed by atoms with E-state index in [1.165, 1.54) is 24.0 Å². The highest BCUT2D eigenvalue weighted by Gasteiger charge is 2.39. The highest BCUT2D eigenvalue weighted by atomic mass is 16.4. The molecule has 9 N–H and O–H groups in total. The number of carbonyl (C=O) groups excluding carboxylic acids is 4. The Bertz CT molecular complexity index is 968. The number of aliphatic hydroxyl groups excluding tert-OH is 1. The maximum Gasteiger partial charge on any atom is 0.328 e. The number of rotatable bonds is 12. The summed E-state index contributed by atoms with van der Waals surface area (Å²) < 4.78 is 0. The largest absolute Gasteiger partial charge is 0.508 e. The Kier molecular flexibility index (Phi) is 10.2. The fourth-order valence-electron chi connectivity index (χ4n) is 3.94. The van der Waals surface area contributed by atoms with E-state index in [0.717, 1.165) is 0 Å². The molecule has 1 aliphatic rings. The molecule has 1 heterocycles. The molecule has 1 aliphatic heterocycles. The van der Waals surface area contributed by atoms with E-state index in [1.807, 2.05) is 0 Å². The van der Waals surface area contributed by atoms with Gasteiger partial charge in [-0.2, -0.15) is 0 Å². The van der Waals surface area contributed by atoms with Gasteiger partial charge >= 0.3 is 5.97 Å². The molecule has 2 rings (SSSR count). The lowest BCUT2D eigenvalue weighted by atomic mass is 10.0. The molecule has 0 saturated carbocycles. The summed E-state index contributed by atoms with van der Waals surface area (Å²) in [5.74, 6) is -4.11. The molecule has 1 saturated heterocycles. The second-order valence-corrected chi connectivity index (χ2v) is 8.80. The van der Waals surface area contributed by atoms with E-state index in [4.69, 9.17) is 11.5 Å². The van der Waals surface area contributed by atoms with E-state index in [1.54, 1.807) is 12.1 Å². The van der Waals surface area contributed by atoms with Crippen molar-refractivity contribution in [3.05, 3.63) is 29.8 Å². The van der Waals surface area contributed by atoms with Crippen molar-refractivity contribution in [1.29, 1.82) is 0 Å². The van der Waals surface area contributed by atoms with Crippen molar-refractivity contribution < 1.29 is 39.3 Å². The molecule has 1 fully saturated rings. The third-order valence-electron chi connectivity index (χ3n) is 5.91. The Balaban J connectivity index is 2.13. The van der Waals surface area contributed by atoms with Gasteiger partial charge in [-0.25, -0.2) is 4.79 Å². The molecule has 13 nitrogen and oxygen atoms in total.